The van der Waals surface area contributed by atoms with Crippen molar-refractivity contribution in [2.24, 2.45) is 28.7 Å². The van der Waals surface area contributed by atoms with Crippen molar-refractivity contribution >= 4 is 57.1 Å². The third-order valence-corrected chi connectivity index (χ3v) is 11.3. The topological polar surface area (TPSA) is 130 Å². The van der Waals surface area contributed by atoms with Crippen molar-refractivity contribution in [2.45, 2.75) is 70.1 Å². The number of amides is 2. The fourth-order valence-corrected chi connectivity index (χ4v) is 8.35. The van der Waals surface area contributed by atoms with Crippen molar-refractivity contribution in [1.82, 2.24) is 15.2 Å². The Hall–Kier alpha value is -3.31. The monoisotopic (exact) mass is 668 g/mol. The number of aliphatic carboxylic acids is 1. The number of carboxylic acids is 1. The minimum absolute atomic E-state index is 0.125. The van der Waals surface area contributed by atoms with Crippen LogP contribution in [0.4, 0.5) is 0 Å². The average Bonchev–Trinajstić information content (AvgIpc) is 3.33. The summed E-state index contributed by atoms with van der Waals surface area (Å²) < 4.78 is 12.1. The lowest BCUT2D eigenvalue weighted by atomic mass is 9.93. The molecule has 0 bridgehead atoms. The number of allylic oxidation sites excluding steroid dienone is 1. The van der Waals surface area contributed by atoms with E-state index in [1.54, 1.807) is 36.9 Å². The summed E-state index contributed by atoms with van der Waals surface area (Å²) in [5, 5.41) is 14.8. The predicted octanol–water partition coefficient (Wildman–Crippen LogP) is 5.35. The molecule has 0 saturated heterocycles. The largest absolute Gasteiger partial charge is 0.495 e. The summed E-state index contributed by atoms with van der Waals surface area (Å²) in [6.07, 6.45) is 6.85. The van der Waals surface area contributed by atoms with Crippen molar-refractivity contribution < 1.29 is 29.0 Å². The van der Waals surface area contributed by atoms with Crippen LogP contribution in [0.2, 0.25) is 5.02 Å². The molecular weight excluding hydrogens is 628 g/mol. The molecule has 6 rings (SSSR count). The zero-order valence-electron chi connectivity index (χ0n) is 26.6. The molecule has 2 amide bonds. The molecule has 2 fully saturated rings. The molecule has 1 unspecified atom stereocenters. The maximum Gasteiger partial charge on any atom is 0.330 e. The summed E-state index contributed by atoms with van der Waals surface area (Å²) in [5.41, 5.74) is -0.172. The highest BCUT2D eigenvalue weighted by Crippen LogP contribution is 2.47. The van der Waals surface area contributed by atoms with E-state index >= 15 is 0 Å². The van der Waals surface area contributed by atoms with E-state index in [-0.39, 0.29) is 24.3 Å². The van der Waals surface area contributed by atoms with Gasteiger partial charge in [0.1, 0.15) is 33.2 Å². The second-order valence-electron chi connectivity index (χ2n) is 13.2. The number of nitrogens with zero attached hydrogens (tertiary/aromatic N) is 3. The van der Waals surface area contributed by atoms with Gasteiger partial charge in [0, 0.05) is 36.7 Å². The van der Waals surface area contributed by atoms with Crippen LogP contribution in [0, 0.1) is 23.7 Å². The highest BCUT2D eigenvalue weighted by molar-refractivity contribution is 8.14. The Morgan fingerprint density at radius 1 is 1.20 bits per heavy atom. The summed E-state index contributed by atoms with van der Waals surface area (Å²) >= 11 is 8.42. The second-order valence-corrected chi connectivity index (χ2v) is 14.6. The molecule has 2 aliphatic carbocycles. The van der Waals surface area contributed by atoms with Gasteiger partial charge in [-0.25, -0.2) is 9.78 Å². The van der Waals surface area contributed by atoms with Gasteiger partial charge in [0.2, 0.25) is 11.8 Å². The van der Waals surface area contributed by atoms with Crippen LogP contribution >= 0.6 is 23.4 Å². The van der Waals surface area contributed by atoms with Crippen molar-refractivity contribution in [3.05, 3.63) is 41.1 Å². The Morgan fingerprint density at radius 3 is 2.70 bits per heavy atom. The normalized spacial score (nSPS) is 30.7. The van der Waals surface area contributed by atoms with E-state index in [0.29, 0.717) is 58.4 Å². The standard InChI is InChI=1S/C34H41ClN4O6S/c1-18(2)25-17-46-31(37-25)24-15-27(21-10-11-26(44-4)28(35)29(21)36-24)45-20-13-22-23(14-20)32(41)39(3)12-8-6-5-7-9-19-16-34(19,33(42)43)38-30(22)40/h7,9-11,15,18-20,22-23,25H,5-6,8,12-14,16-17H2,1-4H3,(H,38,40)(H,42,43)/b9-7-/t19-,20-,22-,23-,25?,34-/m1/s1. The van der Waals surface area contributed by atoms with E-state index < -0.39 is 35.4 Å². The highest BCUT2D eigenvalue weighted by atomic mass is 35.5. The van der Waals surface area contributed by atoms with Crippen molar-refractivity contribution in [2.75, 3.05) is 26.5 Å². The number of nitrogens with one attached hydrogen (secondary N) is 1. The van der Waals surface area contributed by atoms with Crippen LogP contribution in [-0.2, 0) is 14.4 Å². The number of ether oxygens (including phenoxy) is 2. The summed E-state index contributed by atoms with van der Waals surface area (Å²) in [4.78, 5) is 51.4. The van der Waals surface area contributed by atoms with Gasteiger partial charge in [-0.05, 0) is 56.6 Å². The summed E-state index contributed by atoms with van der Waals surface area (Å²) in [6.45, 7) is 4.88. The number of methoxy groups -OCH3 is 1. The Labute approximate surface area is 278 Å². The Bertz CT molecular complexity index is 1610. The number of hydrogen-bond acceptors (Lipinski definition) is 8. The fraction of sp³-hybridized carbons (Fsp3) is 0.559. The van der Waals surface area contributed by atoms with Crippen LogP contribution in [0.3, 0.4) is 0 Å². The lowest BCUT2D eigenvalue weighted by molar-refractivity contribution is -0.145. The molecule has 6 atom stereocenters. The predicted molar refractivity (Wildman–Crippen MR) is 179 cm³/mol. The quantitative estimate of drug-likeness (QED) is 0.394. The minimum Gasteiger partial charge on any atom is -0.495 e. The first kappa shape index (κ1) is 32.6. The smallest absolute Gasteiger partial charge is 0.330 e. The number of hydrogen-bond donors (Lipinski definition) is 2. The zero-order chi connectivity index (χ0) is 32.7. The van der Waals surface area contributed by atoms with Crippen LogP contribution in [0.5, 0.6) is 11.5 Å². The first-order valence-corrected chi connectivity index (χ1v) is 17.4. The van der Waals surface area contributed by atoms with Crippen molar-refractivity contribution in [3.63, 3.8) is 0 Å². The van der Waals surface area contributed by atoms with Gasteiger partial charge in [-0.1, -0.05) is 37.6 Å². The number of benzene rings is 1. The number of carbonyl (C=O) groups excluding carboxylic acids is 2. The molecule has 12 heteroatoms. The minimum atomic E-state index is -1.34. The van der Waals surface area contributed by atoms with Gasteiger partial charge in [0.05, 0.1) is 36.2 Å². The maximum atomic E-state index is 13.8. The van der Waals surface area contributed by atoms with E-state index in [4.69, 9.17) is 31.1 Å². The van der Waals surface area contributed by atoms with Crippen LogP contribution in [0.15, 0.2) is 35.3 Å². The molecule has 2 saturated carbocycles. The molecule has 3 heterocycles. The molecule has 0 radical (unpaired) electrons. The zero-order valence-corrected chi connectivity index (χ0v) is 28.2. The van der Waals surface area contributed by atoms with Gasteiger partial charge < -0.3 is 24.8 Å². The number of aliphatic imine (C=N–C) groups is 1. The van der Waals surface area contributed by atoms with E-state index in [1.807, 2.05) is 24.3 Å². The average molecular weight is 669 g/mol. The van der Waals surface area contributed by atoms with Crippen LogP contribution in [0.25, 0.3) is 10.9 Å². The number of carbonyl (C=O) groups is 3. The van der Waals surface area contributed by atoms with Crippen molar-refractivity contribution in [1.29, 1.82) is 0 Å². The van der Waals surface area contributed by atoms with Crippen LogP contribution < -0.4 is 14.8 Å². The van der Waals surface area contributed by atoms with Gasteiger partial charge in [-0.2, -0.15) is 0 Å². The Balaban J connectivity index is 1.34. The maximum absolute atomic E-state index is 13.8. The number of fused-ring (bicyclic) bond motifs is 3. The van der Waals surface area contributed by atoms with E-state index in [1.165, 1.54) is 0 Å². The van der Waals surface area contributed by atoms with Crippen molar-refractivity contribution in [3.8, 4) is 11.5 Å². The first-order chi connectivity index (χ1) is 22.0. The number of carboxylic acid groups (broad SMARTS) is 1. The number of rotatable bonds is 6. The SMILES string of the molecule is COc1ccc2c(O[C@@H]3C[C@H]4C(=O)N[C@]5(C(=O)O)C[C@H]5/C=C\CCCCN(C)C(=O)[C@@H]4C3)cc(C3=NC(C(C)C)CS3)nc2c1Cl. The molecule has 10 nitrogen and oxygen atoms in total. The molecular formula is C34H41ClN4O6S. The van der Waals surface area contributed by atoms with Gasteiger partial charge in [0.25, 0.3) is 0 Å². The van der Waals surface area contributed by atoms with Gasteiger partial charge in [0.15, 0.2) is 0 Å². The molecule has 2 N–H and O–H groups in total. The molecule has 246 valence electrons. The molecule has 46 heavy (non-hydrogen) atoms. The van der Waals surface area contributed by atoms with E-state index in [0.717, 1.165) is 30.1 Å². The lowest BCUT2D eigenvalue weighted by Gasteiger charge is -2.26. The Morgan fingerprint density at radius 2 is 1.98 bits per heavy atom. The molecule has 2 aromatic rings. The van der Waals surface area contributed by atoms with Crippen LogP contribution in [0.1, 0.15) is 58.1 Å². The number of aromatic nitrogens is 1. The van der Waals surface area contributed by atoms with E-state index in [2.05, 4.69) is 19.2 Å². The van der Waals surface area contributed by atoms with Gasteiger partial charge >= 0.3 is 5.97 Å². The highest BCUT2D eigenvalue weighted by Gasteiger charge is 2.61. The number of pyridine rings is 1. The summed E-state index contributed by atoms with van der Waals surface area (Å²) in [7, 11) is 3.32. The molecule has 1 aromatic heterocycles. The Kier molecular flexibility index (Phi) is 9.26. The molecule has 2 aliphatic heterocycles. The number of thioether (sulfide) groups is 1. The third kappa shape index (κ3) is 6.20. The summed E-state index contributed by atoms with van der Waals surface area (Å²) in [6, 6.07) is 5.66. The second kappa shape index (κ2) is 13.1. The summed E-state index contributed by atoms with van der Waals surface area (Å²) in [5.74, 6) is -0.969. The number of halogens is 1. The first-order valence-electron chi connectivity index (χ1n) is 16.0. The fourth-order valence-electron chi connectivity index (χ4n) is 6.82. The van der Waals surface area contributed by atoms with Gasteiger partial charge in [-0.15, -0.1) is 11.8 Å². The van der Waals surface area contributed by atoms with Crippen LogP contribution in [-0.4, -0.2) is 82.0 Å². The molecule has 0 spiro atoms. The molecule has 1 aromatic carbocycles. The van der Waals surface area contributed by atoms with Gasteiger partial charge in [-0.3, -0.25) is 14.6 Å². The lowest BCUT2D eigenvalue weighted by Crippen LogP contribution is -2.49. The molecule has 4 aliphatic rings. The third-order valence-electron chi connectivity index (χ3n) is 9.80. The van der Waals surface area contributed by atoms with E-state index in [9.17, 15) is 19.5 Å².